The van der Waals surface area contributed by atoms with E-state index in [4.69, 9.17) is 0 Å². The highest BCUT2D eigenvalue weighted by Gasteiger charge is 2.07. The fourth-order valence-electron chi connectivity index (χ4n) is 2.19. The normalized spacial score (nSPS) is 10.9. The topological polar surface area (TPSA) is 41.0 Å². The molecule has 2 aromatic heterocycles. The van der Waals surface area contributed by atoms with Gasteiger partial charge in [0.15, 0.2) is 0 Å². The Labute approximate surface area is 127 Å². The molecular formula is C17H24N4. The average Bonchev–Trinajstić information content (AvgIpc) is 2.45. The molecule has 0 amide bonds. The summed E-state index contributed by atoms with van der Waals surface area (Å²) in [5.41, 5.74) is 3.50. The zero-order chi connectivity index (χ0) is 15.2. The van der Waals surface area contributed by atoms with Gasteiger partial charge in [0.1, 0.15) is 5.82 Å². The molecule has 112 valence electrons. The standard InChI is InChI=1S/C17H24N4/c1-13(2)19-11-16-8-14(3)20-17(9-16)21(4)12-15-6-5-7-18-10-15/h5-10,13,19H,11-12H2,1-4H3. The van der Waals surface area contributed by atoms with Crippen molar-refractivity contribution in [1.29, 1.82) is 0 Å². The van der Waals surface area contributed by atoms with Gasteiger partial charge in [-0.05, 0) is 36.2 Å². The van der Waals surface area contributed by atoms with Gasteiger partial charge < -0.3 is 10.2 Å². The van der Waals surface area contributed by atoms with Crippen LogP contribution in [0.2, 0.25) is 0 Å². The molecule has 4 nitrogen and oxygen atoms in total. The van der Waals surface area contributed by atoms with E-state index in [0.29, 0.717) is 6.04 Å². The second kappa shape index (κ2) is 7.18. The van der Waals surface area contributed by atoms with Crippen LogP contribution in [0, 0.1) is 6.92 Å². The van der Waals surface area contributed by atoms with Crippen molar-refractivity contribution >= 4 is 5.82 Å². The highest BCUT2D eigenvalue weighted by molar-refractivity contribution is 5.42. The van der Waals surface area contributed by atoms with Crippen LogP contribution in [0.15, 0.2) is 36.7 Å². The predicted octanol–water partition coefficient (Wildman–Crippen LogP) is 2.92. The molecule has 0 aliphatic rings. The summed E-state index contributed by atoms with van der Waals surface area (Å²) < 4.78 is 0. The van der Waals surface area contributed by atoms with E-state index in [9.17, 15) is 0 Å². The second-order valence-electron chi connectivity index (χ2n) is 5.73. The van der Waals surface area contributed by atoms with Gasteiger partial charge >= 0.3 is 0 Å². The van der Waals surface area contributed by atoms with Gasteiger partial charge in [0, 0.05) is 44.3 Å². The van der Waals surface area contributed by atoms with Crippen LogP contribution >= 0.6 is 0 Å². The Morgan fingerprint density at radius 1 is 1.24 bits per heavy atom. The molecule has 0 radical (unpaired) electrons. The van der Waals surface area contributed by atoms with Gasteiger partial charge in [-0.3, -0.25) is 4.98 Å². The third kappa shape index (κ3) is 4.83. The van der Waals surface area contributed by atoms with E-state index in [1.807, 2.05) is 19.2 Å². The molecule has 0 bridgehead atoms. The molecule has 2 aromatic rings. The van der Waals surface area contributed by atoms with Gasteiger partial charge in [0.2, 0.25) is 0 Å². The lowest BCUT2D eigenvalue weighted by Gasteiger charge is -2.20. The minimum absolute atomic E-state index is 0.482. The zero-order valence-electron chi connectivity index (χ0n) is 13.3. The zero-order valence-corrected chi connectivity index (χ0v) is 13.3. The van der Waals surface area contributed by atoms with Gasteiger partial charge in [-0.2, -0.15) is 0 Å². The number of aryl methyl sites for hydroxylation is 1. The lowest BCUT2D eigenvalue weighted by molar-refractivity contribution is 0.588. The minimum atomic E-state index is 0.482. The summed E-state index contributed by atoms with van der Waals surface area (Å²) in [6.45, 7) is 8.03. The van der Waals surface area contributed by atoms with Crippen LogP contribution in [0.3, 0.4) is 0 Å². The first-order valence-electron chi connectivity index (χ1n) is 7.35. The Bertz CT molecular complexity index is 566. The van der Waals surface area contributed by atoms with Crippen molar-refractivity contribution in [2.75, 3.05) is 11.9 Å². The summed E-state index contributed by atoms with van der Waals surface area (Å²) in [5.74, 6) is 0.999. The van der Waals surface area contributed by atoms with E-state index >= 15 is 0 Å². The maximum atomic E-state index is 4.63. The molecule has 2 heterocycles. The van der Waals surface area contributed by atoms with Gasteiger partial charge in [-0.1, -0.05) is 19.9 Å². The molecule has 1 N–H and O–H groups in total. The number of nitrogens with one attached hydrogen (secondary N) is 1. The fourth-order valence-corrected chi connectivity index (χ4v) is 2.19. The Kier molecular flexibility index (Phi) is 5.28. The molecular weight excluding hydrogens is 260 g/mol. The molecule has 0 spiro atoms. The van der Waals surface area contributed by atoms with E-state index in [1.54, 1.807) is 6.20 Å². The number of rotatable bonds is 6. The minimum Gasteiger partial charge on any atom is -0.355 e. The number of anilines is 1. The number of nitrogens with zero attached hydrogens (tertiary/aromatic N) is 3. The molecule has 21 heavy (non-hydrogen) atoms. The van der Waals surface area contributed by atoms with E-state index in [2.05, 4.69) is 59.3 Å². The first-order chi connectivity index (χ1) is 10.0. The van der Waals surface area contributed by atoms with Crippen molar-refractivity contribution in [2.45, 2.75) is 39.9 Å². The highest BCUT2D eigenvalue weighted by Crippen LogP contribution is 2.16. The molecule has 0 saturated heterocycles. The van der Waals surface area contributed by atoms with Gasteiger partial charge in [0.25, 0.3) is 0 Å². The van der Waals surface area contributed by atoms with Crippen molar-refractivity contribution in [1.82, 2.24) is 15.3 Å². The second-order valence-corrected chi connectivity index (χ2v) is 5.73. The third-order valence-electron chi connectivity index (χ3n) is 3.25. The molecule has 0 aromatic carbocycles. The quantitative estimate of drug-likeness (QED) is 0.885. The van der Waals surface area contributed by atoms with Crippen LogP contribution in [0.5, 0.6) is 0 Å². The summed E-state index contributed by atoms with van der Waals surface area (Å²) >= 11 is 0. The smallest absolute Gasteiger partial charge is 0.129 e. The summed E-state index contributed by atoms with van der Waals surface area (Å²) in [6, 6.07) is 8.82. The van der Waals surface area contributed by atoms with E-state index in [0.717, 1.165) is 24.6 Å². The van der Waals surface area contributed by atoms with Crippen LogP contribution < -0.4 is 10.2 Å². The van der Waals surface area contributed by atoms with Crippen molar-refractivity contribution < 1.29 is 0 Å². The number of pyridine rings is 2. The molecule has 0 aliphatic heterocycles. The fraction of sp³-hybridized carbons (Fsp3) is 0.412. The Morgan fingerprint density at radius 2 is 2.05 bits per heavy atom. The SMILES string of the molecule is Cc1cc(CNC(C)C)cc(N(C)Cc2cccnc2)n1. The molecule has 0 fully saturated rings. The Balaban J connectivity index is 2.11. The molecule has 0 aliphatic carbocycles. The molecule has 0 atom stereocenters. The Morgan fingerprint density at radius 3 is 2.71 bits per heavy atom. The summed E-state index contributed by atoms with van der Waals surface area (Å²) in [4.78, 5) is 10.9. The largest absolute Gasteiger partial charge is 0.355 e. The molecule has 2 rings (SSSR count). The van der Waals surface area contributed by atoms with Crippen LogP contribution in [0.4, 0.5) is 5.82 Å². The van der Waals surface area contributed by atoms with Gasteiger partial charge in [-0.15, -0.1) is 0 Å². The first-order valence-corrected chi connectivity index (χ1v) is 7.35. The lowest BCUT2D eigenvalue weighted by Crippen LogP contribution is -2.23. The summed E-state index contributed by atoms with van der Waals surface area (Å²) in [5, 5.41) is 3.45. The van der Waals surface area contributed by atoms with Gasteiger partial charge in [-0.25, -0.2) is 4.98 Å². The van der Waals surface area contributed by atoms with E-state index in [-0.39, 0.29) is 0 Å². The highest BCUT2D eigenvalue weighted by atomic mass is 15.2. The number of hydrogen-bond donors (Lipinski definition) is 1. The van der Waals surface area contributed by atoms with Crippen molar-refractivity contribution in [3.05, 3.63) is 53.5 Å². The third-order valence-corrected chi connectivity index (χ3v) is 3.25. The first kappa shape index (κ1) is 15.4. The molecule has 0 saturated carbocycles. The Hall–Kier alpha value is -1.94. The number of hydrogen-bond acceptors (Lipinski definition) is 4. The number of aromatic nitrogens is 2. The predicted molar refractivity (Wildman–Crippen MR) is 87.3 cm³/mol. The van der Waals surface area contributed by atoms with Crippen molar-refractivity contribution in [3.63, 3.8) is 0 Å². The van der Waals surface area contributed by atoms with Crippen LogP contribution in [0.25, 0.3) is 0 Å². The van der Waals surface area contributed by atoms with Crippen LogP contribution in [-0.4, -0.2) is 23.1 Å². The maximum absolute atomic E-state index is 4.63. The van der Waals surface area contributed by atoms with Crippen LogP contribution in [-0.2, 0) is 13.1 Å². The summed E-state index contributed by atoms with van der Waals surface area (Å²) in [6.07, 6.45) is 3.69. The molecule has 4 heteroatoms. The summed E-state index contributed by atoms with van der Waals surface area (Å²) in [7, 11) is 2.06. The average molecular weight is 284 g/mol. The monoisotopic (exact) mass is 284 g/mol. The van der Waals surface area contributed by atoms with E-state index in [1.165, 1.54) is 11.1 Å². The van der Waals surface area contributed by atoms with E-state index < -0.39 is 0 Å². The van der Waals surface area contributed by atoms with Crippen LogP contribution in [0.1, 0.15) is 30.7 Å². The van der Waals surface area contributed by atoms with Gasteiger partial charge in [0.05, 0.1) is 0 Å². The van der Waals surface area contributed by atoms with Crippen molar-refractivity contribution in [2.24, 2.45) is 0 Å². The maximum Gasteiger partial charge on any atom is 0.129 e. The van der Waals surface area contributed by atoms with Crippen molar-refractivity contribution in [3.8, 4) is 0 Å². The lowest BCUT2D eigenvalue weighted by atomic mass is 10.2. The molecule has 0 unspecified atom stereocenters.